The first kappa shape index (κ1) is 16.2. The number of hydrogen-bond donors (Lipinski definition) is 1. The molecule has 5 nitrogen and oxygen atoms in total. The van der Waals surface area contributed by atoms with E-state index < -0.39 is 4.92 Å². The van der Waals surface area contributed by atoms with Crippen LogP contribution in [0, 0.1) is 10.1 Å². The summed E-state index contributed by atoms with van der Waals surface area (Å²) in [5, 5.41) is 13.8. The summed E-state index contributed by atoms with van der Waals surface area (Å²) < 4.78 is 0. The number of amides is 1. The van der Waals surface area contributed by atoms with Crippen LogP contribution < -0.4 is 5.32 Å². The van der Waals surface area contributed by atoms with E-state index in [1.807, 2.05) is 0 Å². The molecular formula is C17H22N2O3. The molecule has 1 fully saturated rings. The van der Waals surface area contributed by atoms with Gasteiger partial charge in [-0.05, 0) is 24.5 Å². The maximum absolute atomic E-state index is 12.0. The number of non-ortho nitro benzene ring substituents is 1. The second-order valence-corrected chi connectivity index (χ2v) is 5.74. The van der Waals surface area contributed by atoms with Gasteiger partial charge in [-0.3, -0.25) is 14.9 Å². The van der Waals surface area contributed by atoms with Crippen molar-refractivity contribution in [3.63, 3.8) is 0 Å². The van der Waals surface area contributed by atoms with Crippen molar-refractivity contribution in [1.29, 1.82) is 0 Å². The van der Waals surface area contributed by atoms with Gasteiger partial charge in [-0.25, -0.2) is 0 Å². The van der Waals surface area contributed by atoms with Crippen LogP contribution in [0.15, 0.2) is 30.3 Å². The van der Waals surface area contributed by atoms with Gasteiger partial charge in [0.15, 0.2) is 0 Å². The van der Waals surface area contributed by atoms with Gasteiger partial charge in [0.05, 0.1) is 4.92 Å². The zero-order valence-corrected chi connectivity index (χ0v) is 12.7. The summed E-state index contributed by atoms with van der Waals surface area (Å²) in [6, 6.07) is 6.50. The molecule has 22 heavy (non-hydrogen) atoms. The molecule has 0 heterocycles. The van der Waals surface area contributed by atoms with Crippen molar-refractivity contribution in [2.24, 2.45) is 0 Å². The molecule has 0 aliphatic heterocycles. The van der Waals surface area contributed by atoms with Crippen molar-refractivity contribution in [3.05, 3.63) is 46.0 Å². The van der Waals surface area contributed by atoms with Gasteiger partial charge >= 0.3 is 0 Å². The van der Waals surface area contributed by atoms with E-state index in [0.29, 0.717) is 5.56 Å². The Morgan fingerprint density at radius 2 is 1.86 bits per heavy atom. The summed E-state index contributed by atoms with van der Waals surface area (Å²) in [4.78, 5) is 22.2. The number of nitro benzene ring substituents is 1. The summed E-state index contributed by atoms with van der Waals surface area (Å²) in [5.74, 6) is -0.128. The Morgan fingerprint density at radius 1 is 1.18 bits per heavy atom. The normalized spacial score (nSPS) is 16.9. The van der Waals surface area contributed by atoms with Crippen LogP contribution in [-0.2, 0) is 4.79 Å². The lowest BCUT2D eigenvalue weighted by Crippen LogP contribution is -2.34. The maximum atomic E-state index is 12.0. The van der Waals surface area contributed by atoms with Gasteiger partial charge in [-0.2, -0.15) is 0 Å². The molecule has 0 atom stereocenters. The fourth-order valence-electron chi connectivity index (χ4n) is 2.76. The Hall–Kier alpha value is -2.17. The number of hydrogen-bond acceptors (Lipinski definition) is 3. The number of carbonyl (C=O) groups is 1. The summed E-state index contributed by atoms with van der Waals surface area (Å²) >= 11 is 0. The fraction of sp³-hybridized carbons (Fsp3) is 0.471. The van der Waals surface area contributed by atoms with Crippen molar-refractivity contribution >= 4 is 17.7 Å². The lowest BCUT2D eigenvalue weighted by molar-refractivity contribution is -0.384. The molecule has 1 aromatic rings. The Morgan fingerprint density at radius 3 is 2.55 bits per heavy atom. The molecule has 0 aromatic heterocycles. The van der Waals surface area contributed by atoms with Gasteiger partial charge in [0.25, 0.3) is 5.69 Å². The Bertz CT molecular complexity index is 547. The highest BCUT2D eigenvalue weighted by atomic mass is 16.6. The molecular weight excluding hydrogens is 280 g/mol. The van der Waals surface area contributed by atoms with Crippen LogP contribution >= 0.6 is 0 Å². The highest BCUT2D eigenvalue weighted by Crippen LogP contribution is 2.17. The predicted molar refractivity (Wildman–Crippen MR) is 86.4 cm³/mol. The summed E-state index contributed by atoms with van der Waals surface area (Å²) in [5.41, 5.74) is 0.685. The van der Waals surface area contributed by atoms with E-state index in [1.165, 1.54) is 50.3 Å². The molecule has 1 aliphatic carbocycles. The van der Waals surface area contributed by atoms with Crippen LogP contribution in [0.4, 0.5) is 5.69 Å². The Kier molecular flexibility index (Phi) is 6.13. The van der Waals surface area contributed by atoms with E-state index in [-0.39, 0.29) is 17.6 Å². The summed E-state index contributed by atoms with van der Waals surface area (Å²) in [6.45, 7) is 0. The Balaban J connectivity index is 1.90. The highest BCUT2D eigenvalue weighted by molar-refractivity contribution is 5.91. The van der Waals surface area contributed by atoms with E-state index >= 15 is 0 Å². The molecule has 0 unspecified atom stereocenters. The quantitative estimate of drug-likeness (QED) is 0.522. The highest BCUT2D eigenvalue weighted by Gasteiger charge is 2.12. The number of rotatable bonds is 4. The minimum absolute atomic E-state index is 0.0302. The molecule has 2 rings (SSSR count). The third kappa shape index (κ3) is 5.31. The first-order valence-corrected chi connectivity index (χ1v) is 7.88. The number of carbonyl (C=O) groups excluding carboxylic acids is 1. The Labute approximate surface area is 130 Å². The number of nitrogens with one attached hydrogen (secondary N) is 1. The molecule has 0 bridgehead atoms. The van der Waals surface area contributed by atoms with Gasteiger partial charge in [0.1, 0.15) is 0 Å². The van der Waals surface area contributed by atoms with Crippen LogP contribution in [0.5, 0.6) is 0 Å². The summed E-state index contributed by atoms with van der Waals surface area (Å²) in [7, 11) is 0. The predicted octanol–water partition coefficient (Wildman–Crippen LogP) is 3.84. The van der Waals surface area contributed by atoms with E-state index in [9.17, 15) is 14.9 Å². The van der Waals surface area contributed by atoms with Gasteiger partial charge in [0.2, 0.25) is 5.91 Å². The van der Waals surface area contributed by atoms with Crippen molar-refractivity contribution in [3.8, 4) is 0 Å². The maximum Gasteiger partial charge on any atom is 0.270 e. The lowest BCUT2D eigenvalue weighted by atomic mass is 9.97. The molecule has 0 radical (unpaired) electrons. The van der Waals surface area contributed by atoms with E-state index in [1.54, 1.807) is 18.2 Å². The molecule has 1 saturated carbocycles. The van der Waals surface area contributed by atoms with E-state index in [2.05, 4.69) is 5.32 Å². The van der Waals surface area contributed by atoms with Gasteiger partial charge in [-0.15, -0.1) is 0 Å². The number of nitro groups is 1. The van der Waals surface area contributed by atoms with Crippen molar-refractivity contribution < 1.29 is 9.72 Å². The van der Waals surface area contributed by atoms with Gasteiger partial charge in [0, 0.05) is 24.3 Å². The second-order valence-electron chi connectivity index (χ2n) is 5.74. The minimum Gasteiger partial charge on any atom is -0.350 e. The molecule has 1 N–H and O–H groups in total. The van der Waals surface area contributed by atoms with E-state index in [0.717, 1.165) is 12.8 Å². The zero-order valence-electron chi connectivity index (χ0n) is 12.7. The lowest BCUT2D eigenvalue weighted by Gasteiger charge is -2.20. The summed E-state index contributed by atoms with van der Waals surface area (Å²) in [6.07, 6.45) is 11.3. The van der Waals surface area contributed by atoms with Gasteiger partial charge < -0.3 is 5.32 Å². The smallest absolute Gasteiger partial charge is 0.270 e. The first-order chi connectivity index (χ1) is 10.6. The molecule has 0 saturated heterocycles. The number of nitrogens with zero attached hydrogens (tertiary/aromatic N) is 1. The second kappa shape index (κ2) is 8.32. The van der Waals surface area contributed by atoms with Gasteiger partial charge in [-0.1, -0.05) is 44.2 Å². The zero-order chi connectivity index (χ0) is 15.8. The van der Waals surface area contributed by atoms with Crippen molar-refractivity contribution in [2.75, 3.05) is 0 Å². The van der Waals surface area contributed by atoms with E-state index in [4.69, 9.17) is 0 Å². The third-order valence-electron chi connectivity index (χ3n) is 3.96. The molecule has 1 aliphatic rings. The topological polar surface area (TPSA) is 72.2 Å². The fourth-order valence-corrected chi connectivity index (χ4v) is 2.76. The molecule has 5 heteroatoms. The molecule has 1 amide bonds. The monoisotopic (exact) mass is 302 g/mol. The largest absolute Gasteiger partial charge is 0.350 e. The first-order valence-electron chi connectivity index (χ1n) is 7.88. The van der Waals surface area contributed by atoms with Crippen molar-refractivity contribution in [1.82, 2.24) is 5.32 Å². The SMILES string of the molecule is O=C(/C=C/c1cccc([N+](=O)[O-])c1)NC1CCCCCCC1. The molecule has 118 valence electrons. The standard InChI is InChI=1S/C17H22N2O3/c20-17(18-15-8-4-2-1-3-5-9-15)12-11-14-7-6-10-16(13-14)19(21)22/h6-7,10-13,15H,1-5,8-9H2,(H,18,20)/b12-11+. The number of benzene rings is 1. The average Bonchev–Trinajstić information content (AvgIpc) is 2.48. The van der Waals surface area contributed by atoms with Crippen molar-refractivity contribution in [2.45, 2.75) is 51.0 Å². The van der Waals surface area contributed by atoms with Crippen LogP contribution in [0.1, 0.15) is 50.5 Å². The molecule has 0 spiro atoms. The van der Waals surface area contributed by atoms with Crippen LogP contribution in [0.2, 0.25) is 0 Å². The average molecular weight is 302 g/mol. The van der Waals surface area contributed by atoms with Crippen LogP contribution in [0.3, 0.4) is 0 Å². The third-order valence-corrected chi connectivity index (χ3v) is 3.96. The molecule has 1 aromatic carbocycles. The minimum atomic E-state index is -0.439. The van der Waals surface area contributed by atoms with Crippen LogP contribution in [0.25, 0.3) is 6.08 Å². The van der Waals surface area contributed by atoms with Crippen LogP contribution in [-0.4, -0.2) is 16.9 Å².